The van der Waals surface area contributed by atoms with Crippen LogP contribution in [0.2, 0.25) is 5.02 Å². The van der Waals surface area contributed by atoms with E-state index in [1.54, 1.807) is 30.3 Å². The van der Waals surface area contributed by atoms with Crippen molar-refractivity contribution in [2.75, 3.05) is 11.1 Å². The fraction of sp³-hybridized carbons (Fsp3) is 0. The lowest BCUT2D eigenvalue weighted by atomic mass is 10.1. The molecule has 0 atom stereocenters. The van der Waals surface area contributed by atoms with Crippen LogP contribution in [0.25, 0.3) is 0 Å². The van der Waals surface area contributed by atoms with Crippen LogP contribution in [0.1, 0.15) is 15.9 Å². The molecule has 0 unspecified atom stereocenters. The van der Waals surface area contributed by atoms with Crippen LogP contribution >= 0.6 is 11.6 Å². The fourth-order valence-corrected chi connectivity index (χ4v) is 1.86. The normalized spacial score (nSPS) is 9.68. The number of nitrogen functional groups attached to an aromatic ring is 1. The maximum atomic E-state index is 12.0. The van der Waals surface area contributed by atoms with Crippen molar-refractivity contribution in [3.63, 3.8) is 0 Å². The second kappa shape index (κ2) is 5.42. The summed E-state index contributed by atoms with van der Waals surface area (Å²) >= 11 is 5.84. The van der Waals surface area contributed by atoms with E-state index in [0.717, 1.165) is 0 Å². The zero-order chi connectivity index (χ0) is 13.8. The summed E-state index contributed by atoms with van der Waals surface area (Å²) in [5, 5.41) is 11.9. The monoisotopic (exact) mass is 271 g/mol. The fourth-order valence-electron chi connectivity index (χ4n) is 1.61. The maximum absolute atomic E-state index is 12.0. The minimum absolute atomic E-state index is 0.329. The molecule has 0 aliphatic heterocycles. The molecule has 19 heavy (non-hydrogen) atoms. The zero-order valence-corrected chi connectivity index (χ0v) is 10.6. The van der Waals surface area contributed by atoms with Crippen LogP contribution in [0, 0.1) is 11.3 Å². The molecule has 0 bridgehead atoms. The molecule has 4 nitrogen and oxygen atoms in total. The number of nitriles is 1. The van der Waals surface area contributed by atoms with E-state index in [1.807, 2.05) is 6.07 Å². The number of nitrogens with one attached hydrogen (secondary N) is 1. The third kappa shape index (κ3) is 3.24. The smallest absolute Gasteiger partial charge is 0.255 e. The van der Waals surface area contributed by atoms with Gasteiger partial charge in [-0.2, -0.15) is 5.26 Å². The summed E-state index contributed by atoms with van der Waals surface area (Å²) in [6.07, 6.45) is 0. The van der Waals surface area contributed by atoms with Gasteiger partial charge in [-0.15, -0.1) is 0 Å². The van der Waals surface area contributed by atoms with E-state index in [0.29, 0.717) is 27.5 Å². The summed E-state index contributed by atoms with van der Waals surface area (Å²) in [4.78, 5) is 12.0. The van der Waals surface area contributed by atoms with Gasteiger partial charge in [0.2, 0.25) is 0 Å². The summed E-state index contributed by atoms with van der Waals surface area (Å²) in [5.74, 6) is -0.329. The molecule has 2 aromatic rings. The number of benzene rings is 2. The first-order valence-corrected chi connectivity index (χ1v) is 5.84. The molecule has 0 aliphatic rings. The van der Waals surface area contributed by atoms with Crippen LogP contribution < -0.4 is 11.1 Å². The van der Waals surface area contributed by atoms with Crippen LogP contribution in [-0.2, 0) is 0 Å². The molecule has 2 rings (SSSR count). The lowest BCUT2D eigenvalue weighted by Crippen LogP contribution is -2.12. The minimum Gasteiger partial charge on any atom is -0.399 e. The standard InChI is InChI=1S/C14H10ClN3O/c15-11-5-10(6-12(17)7-11)14(19)18-13-3-1-2-9(4-13)8-16/h1-7H,17H2,(H,18,19). The van der Waals surface area contributed by atoms with E-state index in [2.05, 4.69) is 5.32 Å². The SMILES string of the molecule is N#Cc1cccc(NC(=O)c2cc(N)cc(Cl)c2)c1. The molecule has 0 saturated heterocycles. The van der Waals surface area contributed by atoms with Crippen molar-refractivity contribution in [3.8, 4) is 6.07 Å². The van der Waals surface area contributed by atoms with Crippen molar-refractivity contribution < 1.29 is 4.79 Å². The summed E-state index contributed by atoms with van der Waals surface area (Å²) in [7, 11) is 0. The van der Waals surface area contributed by atoms with Crippen LogP contribution in [0.15, 0.2) is 42.5 Å². The number of anilines is 2. The molecule has 2 aromatic carbocycles. The van der Waals surface area contributed by atoms with Gasteiger partial charge in [-0.1, -0.05) is 17.7 Å². The Bertz CT molecular complexity index is 656. The number of carbonyl (C=O) groups is 1. The highest BCUT2D eigenvalue weighted by Gasteiger charge is 2.08. The van der Waals surface area contributed by atoms with Crippen molar-refractivity contribution in [1.29, 1.82) is 5.26 Å². The van der Waals surface area contributed by atoms with E-state index in [4.69, 9.17) is 22.6 Å². The number of amides is 1. The molecule has 0 aliphatic carbocycles. The molecule has 0 saturated carbocycles. The Kier molecular flexibility index (Phi) is 3.69. The molecule has 0 heterocycles. The first-order chi connectivity index (χ1) is 9.08. The third-order valence-corrected chi connectivity index (χ3v) is 2.65. The number of nitrogens with zero attached hydrogens (tertiary/aromatic N) is 1. The third-order valence-electron chi connectivity index (χ3n) is 2.43. The number of rotatable bonds is 2. The number of hydrogen-bond acceptors (Lipinski definition) is 3. The molecule has 0 spiro atoms. The second-order valence-corrected chi connectivity index (χ2v) is 4.36. The highest BCUT2D eigenvalue weighted by molar-refractivity contribution is 6.31. The van der Waals surface area contributed by atoms with E-state index in [-0.39, 0.29) is 5.91 Å². The van der Waals surface area contributed by atoms with Gasteiger partial charge in [0.15, 0.2) is 0 Å². The van der Waals surface area contributed by atoms with Crippen molar-refractivity contribution in [2.24, 2.45) is 0 Å². The Labute approximate surface area is 115 Å². The Morgan fingerprint density at radius 2 is 2.05 bits per heavy atom. The highest BCUT2D eigenvalue weighted by Crippen LogP contribution is 2.18. The van der Waals surface area contributed by atoms with Crippen LogP contribution in [0.5, 0.6) is 0 Å². The van der Waals surface area contributed by atoms with Gasteiger partial charge in [-0.05, 0) is 36.4 Å². The lowest BCUT2D eigenvalue weighted by Gasteiger charge is -2.06. The van der Waals surface area contributed by atoms with Gasteiger partial charge in [-0.3, -0.25) is 4.79 Å². The van der Waals surface area contributed by atoms with Crippen LogP contribution in [0.4, 0.5) is 11.4 Å². The molecule has 0 fully saturated rings. The van der Waals surface area contributed by atoms with Gasteiger partial charge in [0.1, 0.15) is 0 Å². The van der Waals surface area contributed by atoms with Gasteiger partial charge in [0.05, 0.1) is 11.6 Å². The number of halogens is 1. The van der Waals surface area contributed by atoms with Gasteiger partial charge in [-0.25, -0.2) is 0 Å². The first-order valence-electron chi connectivity index (χ1n) is 5.46. The first kappa shape index (κ1) is 12.9. The molecule has 5 heteroatoms. The summed E-state index contributed by atoms with van der Waals surface area (Å²) in [6, 6.07) is 13.3. The molecule has 0 radical (unpaired) electrons. The average Bonchev–Trinajstić information content (AvgIpc) is 2.37. The van der Waals surface area contributed by atoms with E-state index in [1.165, 1.54) is 12.1 Å². The molecule has 3 N–H and O–H groups in total. The minimum atomic E-state index is -0.329. The maximum Gasteiger partial charge on any atom is 0.255 e. The lowest BCUT2D eigenvalue weighted by molar-refractivity contribution is 0.102. The molecular weight excluding hydrogens is 262 g/mol. The summed E-state index contributed by atoms with van der Waals surface area (Å²) in [6.45, 7) is 0. The van der Waals surface area contributed by atoms with Gasteiger partial charge in [0.25, 0.3) is 5.91 Å². The quantitative estimate of drug-likeness (QED) is 0.824. The predicted molar refractivity (Wildman–Crippen MR) is 75.0 cm³/mol. The topological polar surface area (TPSA) is 78.9 Å². The van der Waals surface area contributed by atoms with Gasteiger partial charge < -0.3 is 11.1 Å². The Balaban J connectivity index is 2.23. The molecule has 94 valence electrons. The molecule has 1 amide bonds. The molecule has 0 aromatic heterocycles. The Hall–Kier alpha value is -2.51. The van der Waals surface area contributed by atoms with Crippen LogP contribution in [0.3, 0.4) is 0 Å². The van der Waals surface area contributed by atoms with E-state index in [9.17, 15) is 4.79 Å². The number of carbonyl (C=O) groups excluding carboxylic acids is 1. The summed E-state index contributed by atoms with van der Waals surface area (Å²) < 4.78 is 0. The average molecular weight is 272 g/mol. The van der Waals surface area contributed by atoms with Crippen molar-refractivity contribution >= 4 is 28.9 Å². The summed E-state index contributed by atoms with van der Waals surface area (Å²) in [5.41, 5.74) is 7.44. The number of nitrogens with two attached hydrogens (primary N) is 1. The van der Waals surface area contributed by atoms with Gasteiger partial charge in [0, 0.05) is 22.0 Å². The van der Waals surface area contributed by atoms with Crippen LogP contribution in [-0.4, -0.2) is 5.91 Å². The predicted octanol–water partition coefficient (Wildman–Crippen LogP) is 3.05. The van der Waals surface area contributed by atoms with E-state index >= 15 is 0 Å². The largest absolute Gasteiger partial charge is 0.399 e. The second-order valence-electron chi connectivity index (χ2n) is 3.92. The van der Waals surface area contributed by atoms with Crippen molar-refractivity contribution in [2.45, 2.75) is 0 Å². The van der Waals surface area contributed by atoms with E-state index < -0.39 is 0 Å². The number of hydrogen-bond donors (Lipinski definition) is 2. The van der Waals surface area contributed by atoms with Crippen molar-refractivity contribution in [1.82, 2.24) is 0 Å². The zero-order valence-electron chi connectivity index (χ0n) is 9.85. The van der Waals surface area contributed by atoms with Crippen molar-refractivity contribution in [3.05, 3.63) is 58.6 Å². The van der Waals surface area contributed by atoms with Gasteiger partial charge >= 0.3 is 0 Å². The Morgan fingerprint density at radius 3 is 2.74 bits per heavy atom. The highest BCUT2D eigenvalue weighted by atomic mass is 35.5. The Morgan fingerprint density at radius 1 is 1.26 bits per heavy atom. The molecular formula is C14H10ClN3O.